The van der Waals surface area contributed by atoms with Crippen LogP contribution in [0.25, 0.3) is 0 Å². The van der Waals surface area contributed by atoms with Gasteiger partial charge in [0, 0.05) is 19.3 Å². The monoisotopic (exact) mass is 708 g/mol. The van der Waals surface area contributed by atoms with Crippen molar-refractivity contribution in [1.82, 2.24) is 15.2 Å². The molecule has 10 nitrogen and oxygen atoms in total. The number of hydrogen-bond acceptors (Lipinski definition) is 6. The molecule has 0 atom stereocenters. The second-order valence-electron chi connectivity index (χ2n) is 9.59. The summed E-state index contributed by atoms with van der Waals surface area (Å²) in [6.45, 7) is 13.6. The molecule has 0 aliphatic carbocycles. The average molecular weight is 709 g/mol. The number of carbonyl (C=O) groups is 3. The van der Waals surface area contributed by atoms with Crippen LogP contribution in [-0.4, -0.2) is 64.6 Å². The van der Waals surface area contributed by atoms with Gasteiger partial charge in [-0.15, -0.1) is 0 Å². The number of ether oxygens (including phenoxy) is 1. The third-order valence-electron chi connectivity index (χ3n) is 3.07. The fraction of sp³-hybridized carbons (Fsp3) is 0.591. The molecule has 1 aromatic heterocycles. The molecule has 0 fully saturated rings. The molecule has 0 unspecified atom stereocenters. The van der Waals surface area contributed by atoms with Gasteiger partial charge in [0.1, 0.15) is 18.0 Å². The van der Waals surface area contributed by atoms with E-state index in [1.54, 1.807) is 26.8 Å². The Balaban J connectivity index is 0. The maximum atomic E-state index is 12.3. The van der Waals surface area contributed by atoms with Crippen LogP contribution in [0.5, 0.6) is 0 Å². The first kappa shape index (κ1) is 31.0. The zero-order valence-electron chi connectivity index (χ0n) is 20.2. The van der Waals surface area contributed by atoms with E-state index in [2.05, 4.69) is 43.3 Å². The molecule has 0 bridgehead atoms. The number of carboxylic acid groups (broad SMARTS) is 1. The van der Waals surface area contributed by atoms with Crippen molar-refractivity contribution in [1.29, 1.82) is 0 Å². The SMILES string of the molecule is CC(C)(C)C.CC(C)(C)OC(=O)Nc1ccc(CC(=O)N(CCN[C-]=O)CC(=O)O)cn1.[Fm]. The quantitative estimate of drug-likeness (QED) is 0.204. The maximum absolute atomic E-state index is 12.3. The molecular weight excluding hydrogens is 673 g/mol. The molecular formula is C22H35FmN4O6-. The van der Waals surface area contributed by atoms with Crippen molar-refractivity contribution < 1.29 is 29.0 Å². The van der Waals surface area contributed by atoms with E-state index in [1.165, 1.54) is 18.7 Å². The Kier molecular flexibility index (Phi) is 13.2. The minimum atomic E-state index is -1.16. The van der Waals surface area contributed by atoms with Gasteiger partial charge in [0.2, 0.25) is 5.91 Å². The van der Waals surface area contributed by atoms with E-state index in [-0.39, 0.29) is 25.3 Å². The standard InChI is InChI=1S/C17H23N4O6.C5H12.Fm/c1-17(2,3)27-16(26)20-13-5-4-12(9-19-13)8-14(23)21(10-15(24)25)7-6-18-11-22;1-5(2,3)4;/h4-5,9H,6-8,10H2,1-3H3,(H,18,22)(H,24,25)(H,19,20,26);1-4H3;/q-1;;. The summed E-state index contributed by atoms with van der Waals surface area (Å²) >= 11 is 0. The van der Waals surface area contributed by atoms with E-state index in [9.17, 15) is 19.2 Å². The van der Waals surface area contributed by atoms with E-state index >= 15 is 0 Å². The number of amides is 3. The Labute approximate surface area is 189 Å². The first-order valence-corrected chi connectivity index (χ1v) is 10.1. The Morgan fingerprint density at radius 3 is 2.12 bits per heavy atom. The number of carbonyl (C=O) groups excluding carboxylic acids is 3. The van der Waals surface area contributed by atoms with Crippen LogP contribution in [0.2, 0.25) is 0 Å². The van der Waals surface area contributed by atoms with Crippen LogP contribution in [0, 0.1) is 5.41 Å². The van der Waals surface area contributed by atoms with Crippen molar-refractivity contribution in [2.75, 3.05) is 25.0 Å². The van der Waals surface area contributed by atoms with Gasteiger partial charge in [0.15, 0.2) is 0 Å². The molecule has 0 saturated carbocycles. The zero-order valence-corrected chi connectivity index (χ0v) is 22.6. The second kappa shape index (κ2) is 14.0. The summed E-state index contributed by atoms with van der Waals surface area (Å²) in [6.07, 6.45) is 2.15. The maximum Gasteiger partial charge on any atom is 0.413 e. The van der Waals surface area contributed by atoms with Gasteiger partial charge >= 0.3 is 12.1 Å². The number of carboxylic acids is 1. The minimum absolute atomic E-state index is 0. The van der Waals surface area contributed by atoms with Crippen molar-refractivity contribution in [2.45, 2.75) is 60.5 Å². The number of rotatable bonds is 9. The number of hydrogen-bond donors (Lipinski definition) is 3. The van der Waals surface area contributed by atoms with Crippen LogP contribution in [0.3, 0.4) is 0 Å². The normalized spacial score (nSPS) is 10.5. The molecule has 0 aliphatic heterocycles. The summed E-state index contributed by atoms with van der Waals surface area (Å²) in [5.41, 5.74) is 0.403. The molecule has 1 rings (SSSR count). The fourth-order valence-electron chi connectivity index (χ4n) is 1.99. The third-order valence-corrected chi connectivity index (χ3v) is 3.07. The molecule has 1 aromatic rings. The van der Waals surface area contributed by atoms with Crippen molar-refractivity contribution in [2.24, 2.45) is 5.41 Å². The molecule has 3 N–H and O–H groups in total. The van der Waals surface area contributed by atoms with Gasteiger partial charge in [-0.05, 0) is 37.8 Å². The fourth-order valence-corrected chi connectivity index (χ4v) is 1.99. The predicted octanol–water partition coefficient (Wildman–Crippen LogP) is 2.59. The molecule has 0 saturated heterocycles. The zero-order chi connectivity index (χ0) is 24.9. The molecule has 0 aliphatic rings. The van der Waals surface area contributed by atoms with Crippen LogP contribution in [0.1, 0.15) is 54.0 Å². The number of aliphatic carboxylic acids is 1. The van der Waals surface area contributed by atoms with E-state index in [0.29, 0.717) is 11.0 Å². The van der Waals surface area contributed by atoms with Crippen LogP contribution >= 0.6 is 0 Å². The molecule has 11 heteroatoms. The molecule has 3 amide bonds. The molecule has 1 heterocycles. The van der Waals surface area contributed by atoms with Gasteiger partial charge in [-0.25, -0.2) is 9.78 Å². The van der Waals surface area contributed by atoms with Crippen LogP contribution in [0.15, 0.2) is 18.3 Å². The van der Waals surface area contributed by atoms with E-state index in [0.717, 1.165) is 4.90 Å². The van der Waals surface area contributed by atoms with Crippen molar-refractivity contribution in [3.05, 3.63) is 23.9 Å². The first-order chi connectivity index (χ1) is 14.6. The Hall–Kier alpha value is -4.17. The van der Waals surface area contributed by atoms with Gasteiger partial charge in [-0.3, -0.25) is 14.9 Å². The van der Waals surface area contributed by atoms with Crippen LogP contribution in [0.4, 0.5) is 10.6 Å². The van der Waals surface area contributed by atoms with Crippen molar-refractivity contribution >= 4 is 30.2 Å². The molecule has 0 spiro atoms. The predicted molar refractivity (Wildman–Crippen MR) is 121 cm³/mol. The van der Waals surface area contributed by atoms with E-state index in [1.807, 2.05) is 0 Å². The summed E-state index contributed by atoms with van der Waals surface area (Å²) in [5.74, 6) is -1.33. The second-order valence-corrected chi connectivity index (χ2v) is 9.59. The van der Waals surface area contributed by atoms with Gasteiger partial charge in [-0.2, -0.15) is 6.41 Å². The minimum Gasteiger partial charge on any atom is -0.528 e. The summed E-state index contributed by atoms with van der Waals surface area (Å²) in [5, 5.41) is 13.6. The van der Waals surface area contributed by atoms with E-state index in [4.69, 9.17) is 9.84 Å². The van der Waals surface area contributed by atoms with Gasteiger partial charge in [0.05, 0.1) is 6.42 Å². The number of anilines is 1. The van der Waals surface area contributed by atoms with Gasteiger partial charge in [-0.1, -0.05) is 33.8 Å². The first-order valence-electron chi connectivity index (χ1n) is 10.1. The van der Waals surface area contributed by atoms with Gasteiger partial charge in [0.25, 0.3) is 0 Å². The molecule has 0 radical (unpaired) electrons. The number of nitrogens with one attached hydrogen (secondary N) is 2. The number of aromatic nitrogens is 1. The van der Waals surface area contributed by atoms with Crippen LogP contribution < -0.4 is 10.6 Å². The largest absolute Gasteiger partial charge is 0.528 e. The third kappa shape index (κ3) is 18.3. The summed E-state index contributed by atoms with van der Waals surface area (Å²) < 4.78 is 5.11. The molecule has 33 heavy (non-hydrogen) atoms. The van der Waals surface area contributed by atoms with Crippen molar-refractivity contribution in [3.8, 4) is 0 Å². The van der Waals surface area contributed by atoms with Crippen LogP contribution in [-0.2, 0) is 25.5 Å². The average Bonchev–Trinajstić information content (AvgIpc) is 2.59. The number of nitrogens with zero attached hydrogens (tertiary/aromatic N) is 2. The summed E-state index contributed by atoms with van der Waals surface area (Å²) in [4.78, 5) is 50.2. The topological polar surface area (TPSA) is 138 Å². The summed E-state index contributed by atoms with van der Waals surface area (Å²) in [7, 11) is 0. The summed E-state index contributed by atoms with van der Waals surface area (Å²) in [6, 6.07) is 3.10. The van der Waals surface area contributed by atoms with E-state index < -0.39 is 30.1 Å². The van der Waals surface area contributed by atoms with Crippen molar-refractivity contribution in [3.63, 3.8) is 0 Å². The Morgan fingerprint density at radius 1 is 1.12 bits per heavy atom. The number of pyridine rings is 1. The molecule has 192 valence electrons. The van der Waals surface area contributed by atoms with Gasteiger partial charge < -0.3 is 24.9 Å². The Bertz CT molecular complexity index is 752. The smallest absolute Gasteiger partial charge is 0.413 e. The molecule has 0 aromatic carbocycles. The Morgan fingerprint density at radius 2 is 1.70 bits per heavy atom.